The summed E-state index contributed by atoms with van der Waals surface area (Å²) in [4.78, 5) is 26.2. The Morgan fingerprint density at radius 3 is 2.28 bits per heavy atom. The van der Waals surface area contributed by atoms with E-state index in [2.05, 4.69) is 5.32 Å². The van der Waals surface area contributed by atoms with Crippen LogP contribution in [-0.4, -0.2) is 49.6 Å². The van der Waals surface area contributed by atoms with Crippen molar-refractivity contribution in [1.82, 2.24) is 10.2 Å². The molecule has 1 saturated heterocycles. The van der Waals surface area contributed by atoms with E-state index in [-0.39, 0.29) is 5.91 Å². The van der Waals surface area contributed by atoms with E-state index in [1.165, 1.54) is 0 Å². The van der Waals surface area contributed by atoms with Crippen LogP contribution >= 0.6 is 0 Å². The lowest BCUT2D eigenvalue weighted by atomic mass is 9.79. The average Bonchev–Trinajstić information content (AvgIpc) is 2.28. The third-order valence-corrected chi connectivity index (χ3v) is 3.06. The molecule has 0 aliphatic carbocycles. The van der Waals surface area contributed by atoms with Crippen LogP contribution in [0.5, 0.6) is 0 Å². The average molecular weight is 256 g/mol. The Morgan fingerprint density at radius 2 is 1.83 bits per heavy atom. The van der Waals surface area contributed by atoms with E-state index in [0.717, 1.165) is 13.1 Å². The van der Waals surface area contributed by atoms with E-state index in [1.54, 1.807) is 11.8 Å². The van der Waals surface area contributed by atoms with Crippen LogP contribution in [0.3, 0.4) is 0 Å². The zero-order valence-corrected chi connectivity index (χ0v) is 11.8. The van der Waals surface area contributed by atoms with Crippen LogP contribution in [0.25, 0.3) is 0 Å². The Hall–Kier alpha value is -1.10. The smallest absolute Gasteiger partial charge is 0.319 e. The molecule has 1 fully saturated rings. The van der Waals surface area contributed by atoms with Crippen LogP contribution in [0.1, 0.15) is 27.7 Å². The van der Waals surface area contributed by atoms with Crippen molar-refractivity contribution >= 4 is 11.9 Å². The fraction of sp³-hybridized carbons (Fsp3) is 0.846. The summed E-state index contributed by atoms with van der Waals surface area (Å²) in [5, 5.41) is 3.19. The summed E-state index contributed by atoms with van der Waals surface area (Å²) >= 11 is 0. The highest BCUT2D eigenvalue weighted by atomic mass is 16.5. The minimum absolute atomic E-state index is 0.109. The summed E-state index contributed by atoms with van der Waals surface area (Å²) in [6.45, 7) is 10.6. The number of carbonyl (C=O) groups is 2. The number of nitrogens with one attached hydrogen (secondary N) is 1. The van der Waals surface area contributed by atoms with Crippen LogP contribution in [0, 0.1) is 11.3 Å². The van der Waals surface area contributed by atoms with Gasteiger partial charge in [0.25, 0.3) is 0 Å². The number of nitrogens with zero attached hydrogens (tertiary/aromatic N) is 1. The summed E-state index contributed by atoms with van der Waals surface area (Å²) in [6, 6.07) is 0. The van der Waals surface area contributed by atoms with E-state index in [1.807, 2.05) is 20.8 Å². The molecular weight excluding hydrogens is 232 g/mol. The van der Waals surface area contributed by atoms with Crippen LogP contribution < -0.4 is 5.32 Å². The molecule has 5 nitrogen and oxygen atoms in total. The first kappa shape index (κ1) is 15.0. The quantitative estimate of drug-likeness (QED) is 0.595. The first-order valence-electron chi connectivity index (χ1n) is 6.54. The maximum Gasteiger partial charge on any atom is 0.319 e. The summed E-state index contributed by atoms with van der Waals surface area (Å²) in [6.07, 6.45) is 0. The predicted molar refractivity (Wildman–Crippen MR) is 69.0 cm³/mol. The first-order valence-corrected chi connectivity index (χ1v) is 6.54. The molecular formula is C13H24N2O3. The Balaban J connectivity index is 2.81. The summed E-state index contributed by atoms with van der Waals surface area (Å²) in [5.74, 6) is -1.23. The Kier molecular flexibility index (Phi) is 5.14. The molecule has 1 unspecified atom stereocenters. The molecule has 1 aliphatic heterocycles. The lowest BCUT2D eigenvalue weighted by Gasteiger charge is -2.35. The highest BCUT2D eigenvalue weighted by molar-refractivity contribution is 5.98. The second kappa shape index (κ2) is 6.18. The van der Waals surface area contributed by atoms with Gasteiger partial charge in [-0.05, 0) is 12.3 Å². The van der Waals surface area contributed by atoms with Gasteiger partial charge in [-0.25, -0.2) is 0 Å². The number of piperazine rings is 1. The highest BCUT2D eigenvalue weighted by Crippen LogP contribution is 2.29. The van der Waals surface area contributed by atoms with Crippen molar-refractivity contribution in [3.63, 3.8) is 0 Å². The van der Waals surface area contributed by atoms with Crippen molar-refractivity contribution in [2.24, 2.45) is 11.3 Å². The molecule has 1 rings (SSSR count). The van der Waals surface area contributed by atoms with Gasteiger partial charge in [-0.2, -0.15) is 0 Å². The van der Waals surface area contributed by atoms with Gasteiger partial charge < -0.3 is 15.0 Å². The number of ether oxygens (including phenoxy) is 1. The zero-order chi connectivity index (χ0) is 13.8. The fourth-order valence-electron chi connectivity index (χ4n) is 2.12. The third-order valence-electron chi connectivity index (χ3n) is 3.06. The minimum Gasteiger partial charge on any atom is -0.465 e. The van der Waals surface area contributed by atoms with Crippen molar-refractivity contribution in [2.75, 3.05) is 32.8 Å². The topological polar surface area (TPSA) is 58.6 Å². The van der Waals surface area contributed by atoms with Crippen molar-refractivity contribution in [2.45, 2.75) is 27.7 Å². The minimum atomic E-state index is -0.712. The molecule has 104 valence electrons. The molecule has 1 atom stereocenters. The van der Waals surface area contributed by atoms with Gasteiger partial charge in [0.1, 0.15) is 5.92 Å². The molecule has 0 saturated carbocycles. The second-order valence-electron chi connectivity index (χ2n) is 5.63. The Labute approximate surface area is 109 Å². The number of hydrogen-bond acceptors (Lipinski definition) is 4. The summed E-state index contributed by atoms with van der Waals surface area (Å²) in [7, 11) is 0. The molecule has 0 bridgehead atoms. The normalized spacial score (nSPS) is 18.3. The lowest BCUT2D eigenvalue weighted by molar-refractivity contribution is -0.160. The van der Waals surface area contributed by atoms with Crippen LogP contribution in [-0.2, 0) is 14.3 Å². The van der Waals surface area contributed by atoms with Gasteiger partial charge in [-0.15, -0.1) is 0 Å². The van der Waals surface area contributed by atoms with Gasteiger partial charge in [0.2, 0.25) is 5.91 Å². The molecule has 1 aliphatic rings. The molecule has 1 heterocycles. The predicted octanol–water partition coefficient (Wildman–Crippen LogP) is 0.644. The molecule has 0 aromatic rings. The van der Waals surface area contributed by atoms with E-state index in [9.17, 15) is 9.59 Å². The van der Waals surface area contributed by atoms with E-state index in [0.29, 0.717) is 19.7 Å². The summed E-state index contributed by atoms with van der Waals surface area (Å²) < 4.78 is 5.04. The maximum atomic E-state index is 12.5. The van der Waals surface area contributed by atoms with E-state index < -0.39 is 17.3 Å². The van der Waals surface area contributed by atoms with Crippen molar-refractivity contribution < 1.29 is 14.3 Å². The van der Waals surface area contributed by atoms with E-state index in [4.69, 9.17) is 4.74 Å². The van der Waals surface area contributed by atoms with Crippen LogP contribution in [0.2, 0.25) is 0 Å². The van der Waals surface area contributed by atoms with Gasteiger partial charge in [0, 0.05) is 26.2 Å². The number of amides is 1. The molecule has 0 aromatic carbocycles. The Morgan fingerprint density at radius 1 is 1.28 bits per heavy atom. The van der Waals surface area contributed by atoms with E-state index >= 15 is 0 Å². The molecule has 0 spiro atoms. The Bertz CT molecular complexity index is 304. The van der Waals surface area contributed by atoms with Gasteiger partial charge >= 0.3 is 5.97 Å². The first-order chi connectivity index (χ1) is 8.38. The van der Waals surface area contributed by atoms with Gasteiger partial charge in [0.15, 0.2) is 0 Å². The molecule has 1 N–H and O–H groups in total. The third kappa shape index (κ3) is 3.70. The molecule has 0 radical (unpaired) electrons. The number of carbonyl (C=O) groups excluding carboxylic acids is 2. The monoisotopic (exact) mass is 256 g/mol. The zero-order valence-electron chi connectivity index (χ0n) is 11.8. The number of rotatable bonds is 3. The second-order valence-corrected chi connectivity index (χ2v) is 5.63. The van der Waals surface area contributed by atoms with Crippen molar-refractivity contribution in [1.29, 1.82) is 0 Å². The molecule has 0 aromatic heterocycles. The number of esters is 1. The number of hydrogen-bond donors (Lipinski definition) is 1. The summed E-state index contributed by atoms with van der Waals surface area (Å²) in [5.41, 5.74) is -0.422. The molecule has 5 heteroatoms. The van der Waals surface area contributed by atoms with Gasteiger partial charge in [-0.3, -0.25) is 9.59 Å². The fourth-order valence-corrected chi connectivity index (χ4v) is 2.12. The molecule has 18 heavy (non-hydrogen) atoms. The lowest BCUT2D eigenvalue weighted by Crippen LogP contribution is -2.52. The maximum absolute atomic E-state index is 12.5. The van der Waals surface area contributed by atoms with Gasteiger partial charge in [0.05, 0.1) is 6.61 Å². The van der Waals surface area contributed by atoms with Crippen LogP contribution in [0.4, 0.5) is 0 Å². The SMILES string of the molecule is CCOC(=O)C(C(=O)N1CCNCC1)C(C)(C)C. The van der Waals surface area contributed by atoms with Crippen LogP contribution in [0.15, 0.2) is 0 Å². The van der Waals surface area contributed by atoms with Crippen molar-refractivity contribution in [3.8, 4) is 0 Å². The van der Waals surface area contributed by atoms with Gasteiger partial charge in [-0.1, -0.05) is 20.8 Å². The molecule has 1 amide bonds. The highest BCUT2D eigenvalue weighted by Gasteiger charge is 2.41. The van der Waals surface area contributed by atoms with Crippen molar-refractivity contribution in [3.05, 3.63) is 0 Å². The standard InChI is InChI=1S/C13H24N2O3/c1-5-18-12(17)10(13(2,3)4)11(16)15-8-6-14-7-9-15/h10,14H,5-9H2,1-4H3. The largest absolute Gasteiger partial charge is 0.465 e.